The van der Waals surface area contributed by atoms with Gasteiger partial charge in [0.1, 0.15) is 23.2 Å². The van der Waals surface area contributed by atoms with Crippen LogP contribution < -0.4 is 10.5 Å². The van der Waals surface area contributed by atoms with Gasteiger partial charge in [0.05, 0.1) is 7.11 Å². The van der Waals surface area contributed by atoms with Gasteiger partial charge in [0.15, 0.2) is 0 Å². The van der Waals surface area contributed by atoms with E-state index >= 15 is 0 Å². The first kappa shape index (κ1) is 13.9. The lowest BCUT2D eigenvalue weighted by Gasteiger charge is -2.14. The van der Waals surface area contributed by atoms with Gasteiger partial charge in [-0.2, -0.15) is 5.26 Å². The summed E-state index contributed by atoms with van der Waals surface area (Å²) in [5.41, 5.74) is 8.92. The van der Waals surface area contributed by atoms with Crippen LogP contribution >= 0.6 is 0 Å². The fourth-order valence-electron chi connectivity index (χ4n) is 2.11. The summed E-state index contributed by atoms with van der Waals surface area (Å²) in [6, 6.07) is 9.89. The van der Waals surface area contributed by atoms with E-state index < -0.39 is 0 Å². The number of nitriles is 1. The van der Waals surface area contributed by atoms with E-state index in [1.807, 2.05) is 18.2 Å². The van der Waals surface area contributed by atoms with Crippen molar-refractivity contribution in [1.82, 2.24) is 4.98 Å². The molecule has 0 spiro atoms. The highest BCUT2D eigenvalue weighted by molar-refractivity contribution is 5.79. The Morgan fingerprint density at radius 3 is 2.60 bits per heavy atom. The van der Waals surface area contributed by atoms with Crippen LogP contribution in [0, 0.1) is 11.3 Å². The van der Waals surface area contributed by atoms with Crippen molar-refractivity contribution in [2.45, 2.75) is 19.8 Å². The maximum absolute atomic E-state index is 9.26. The number of benzene rings is 1. The standard InChI is InChI=1S/C16H17N3O/c1-10(2)11-4-5-13(15(8-11)20-3)12-6-7-19-16(18)14(12)9-17/h4-8,10H,1-3H3,(H2,18,19). The van der Waals surface area contributed by atoms with E-state index in [2.05, 4.69) is 24.9 Å². The molecule has 0 aliphatic rings. The molecule has 0 aliphatic heterocycles. The van der Waals surface area contributed by atoms with Crippen LogP contribution in [0.2, 0.25) is 0 Å². The molecule has 1 heterocycles. The maximum atomic E-state index is 9.26. The van der Waals surface area contributed by atoms with Crippen LogP contribution in [0.25, 0.3) is 11.1 Å². The smallest absolute Gasteiger partial charge is 0.141 e. The molecule has 0 amide bonds. The highest BCUT2D eigenvalue weighted by Gasteiger charge is 2.14. The van der Waals surface area contributed by atoms with Crippen LogP contribution in [0.5, 0.6) is 5.75 Å². The molecule has 0 saturated heterocycles. The molecule has 20 heavy (non-hydrogen) atoms. The van der Waals surface area contributed by atoms with Crippen LogP contribution in [-0.2, 0) is 0 Å². The number of hydrogen-bond acceptors (Lipinski definition) is 4. The minimum Gasteiger partial charge on any atom is -0.496 e. The van der Waals surface area contributed by atoms with Crippen molar-refractivity contribution in [3.8, 4) is 22.9 Å². The molecule has 0 atom stereocenters. The number of hydrogen-bond donors (Lipinski definition) is 1. The van der Waals surface area contributed by atoms with Crippen molar-refractivity contribution in [3.05, 3.63) is 41.6 Å². The first-order valence-corrected chi connectivity index (χ1v) is 6.41. The molecule has 0 fully saturated rings. The van der Waals surface area contributed by atoms with Crippen LogP contribution in [0.1, 0.15) is 30.9 Å². The SMILES string of the molecule is COc1cc(C(C)C)ccc1-c1ccnc(N)c1C#N. The molecule has 0 unspecified atom stereocenters. The highest BCUT2D eigenvalue weighted by atomic mass is 16.5. The summed E-state index contributed by atoms with van der Waals surface area (Å²) in [5.74, 6) is 1.38. The minimum atomic E-state index is 0.236. The Morgan fingerprint density at radius 1 is 1.25 bits per heavy atom. The summed E-state index contributed by atoms with van der Waals surface area (Å²) in [4.78, 5) is 3.95. The van der Waals surface area contributed by atoms with E-state index in [9.17, 15) is 5.26 Å². The fraction of sp³-hybridized carbons (Fsp3) is 0.250. The molecule has 2 N–H and O–H groups in total. The van der Waals surface area contributed by atoms with Gasteiger partial charge >= 0.3 is 0 Å². The molecule has 2 aromatic rings. The molecule has 102 valence electrons. The summed E-state index contributed by atoms with van der Waals surface area (Å²) >= 11 is 0. The van der Waals surface area contributed by atoms with E-state index in [-0.39, 0.29) is 5.82 Å². The van der Waals surface area contributed by atoms with E-state index in [0.717, 1.165) is 16.9 Å². The number of pyridine rings is 1. The highest BCUT2D eigenvalue weighted by Crippen LogP contribution is 2.35. The maximum Gasteiger partial charge on any atom is 0.141 e. The first-order chi connectivity index (χ1) is 9.58. The molecule has 0 saturated carbocycles. The van der Waals surface area contributed by atoms with Crippen molar-refractivity contribution in [2.75, 3.05) is 12.8 Å². The molecule has 4 heteroatoms. The van der Waals surface area contributed by atoms with Crippen molar-refractivity contribution in [1.29, 1.82) is 5.26 Å². The van der Waals surface area contributed by atoms with Crippen molar-refractivity contribution in [2.24, 2.45) is 0 Å². The van der Waals surface area contributed by atoms with E-state index in [1.54, 1.807) is 19.4 Å². The average molecular weight is 267 g/mol. The number of anilines is 1. The monoisotopic (exact) mass is 267 g/mol. The third-order valence-electron chi connectivity index (χ3n) is 3.27. The molecule has 0 bridgehead atoms. The number of rotatable bonds is 3. The van der Waals surface area contributed by atoms with Gasteiger partial charge in [-0.15, -0.1) is 0 Å². The van der Waals surface area contributed by atoms with Crippen LogP contribution in [0.3, 0.4) is 0 Å². The second-order valence-electron chi connectivity index (χ2n) is 4.84. The van der Waals surface area contributed by atoms with Gasteiger partial charge in [-0.05, 0) is 23.6 Å². The quantitative estimate of drug-likeness (QED) is 0.925. The Bertz CT molecular complexity index is 672. The number of aromatic nitrogens is 1. The summed E-state index contributed by atoms with van der Waals surface area (Å²) in [7, 11) is 1.62. The lowest BCUT2D eigenvalue weighted by molar-refractivity contribution is 0.415. The molecule has 1 aromatic heterocycles. The van der Waals surface area contributed by atoms with Crippen LogP contribution in [-0.4, -0.2) is 12.1 Å². The summed E-state index contributed by atoms with van der Waals surface area (Å²) in [6.45, 7) is 4.25. The third kappa shape index (κ3) is 2.43. The number of methoxy groups -OCH3 is 1. The Labute approximate surface area is 118 Å². The lowest BCUT2D eigenvalue weighted by Crippen LogP contribution is -1.98. The second kappa shape index (κ2) is 5.62. The van der Waals surface area contributed by atoms with Crippen LogP contribution in [0.4, 0.5) is 5.82 Å². The Kier molecular flexibility index (Phi) is 3.90. The van der Waals surface area contributed by atoms with Gasteiger partial charge in [-0.25, -0.2) is 4.98 Å². The molecular weight excluding hydrogens is 250 g/mol. The van der Waals surface area contributed by atoms with Crippen molar-refractivity contribution >= 4 is 5.82 Å². The van der Waals surface area contributed by atoms with Gasteiger partial charge in [0, 0.05) is 17.3 Å². The second-order valence-corrected chi connectivity index (χ2v) is 4.84. The third-order valence-corrected chi connectivity index (χ3v) is 3.27. The minimum absolute atomic E-state index is 0.236. The Balaban J connectivity index is 2.65. The molecule has 4 nitrogen and oxygen atoms in total. The van der Waals surface area contributed by atoms with Gasteiger partial charge in [0.25, 0.3) is 0 Å². The molecule has 1 aromatic carbocycles. The van der Waals surface area contributed by atoms with Gasteiger partial charge in [-0.1, -0.05) is 26.0 Å². The first-order valence-electron chi connectivity index (χ1n) is 6.41. The Hall–Kier alpha value is -2.54. The predicted molar refractivity (Wildman–Crippen MR) is 79.4 cm³/mol. The van der Waals surface area contributed by atoms with Gasteiger partial charge in [-0.3, -0.25) is 0 Å². The Morgan fingerprint density at radius 2 is 2.00 bits per heavy atom. The summed E-state index contributed by atoms with van der Waals surface area (Å²) < 4.78 is 5.46. The van der Waals surface area contributed by atoms with Gasteiger partial charge < -0.3 is 10.5 Å². The molecule has 0 radical (unpaired) electrons. The summed E-state index contributed by atoms with van der Waals surface area (Å²) in [5, 5.41) is 9.26. The number of nitrogen functional groups attached to an aromatic ring is 1. The van der Waals surface area contributed by atoms with E-state index in [4.69, 9.17) is 10.5 Å². The number of nitrogens with two attached hydrogens (primary N) is 1. The zero-order valence-electron chi connectivity index (χ0n) is 11.8. The van der Waals surface area contributed by atoms with E-state index in [0.29, 0.717) is 11.5 Å². The van der Waals surface area contributed by atoms with Crippen molar-refractivity contribution < 1.29 is 4.74 Å². The zero-order chi connectivity index (χ0) is 14.7. The lowest BCUT2D eigenvalue weighted by atomic mass is 9.96. The van der Waals surface area contributed by atoms with Crippen LogP contribution in [0.15, 0.2) is 30.5 Å². The number of nitrogens with zero attached hydrogens (tertiary/aromatic N) is 2. The topological polar surface area (TPSA) is 71.9 Å². The molecule has 0 aliphatic carbocycles. The van der Waals surface area contributed by atoms with E-state index in [1.165, 1.54) is 5.56 Å². The fourth-order valence-corrected chi connectivity index (χ4v) is 2.11. The van der Waals surface area contributed by atoms with Gasteiger partial charge in [0.2, 0.25) is 0 Å². The largest absolute Gasteiger partial charge is 0.496 e. The predicted octanol–water partition coefficient (Wildman–Crippen LogP) is 3.33. The normalized spacial score (nSPS) is 10.3. The summed E-state index contributed by atoms with van der Waals surface area (Å²) in [6.07, 6.45) is 1.60. The zero-order valence-corrected chi connectivity index (χ0v) is 11.8. The van der Waals surface area contributed by atoms with Crippen molar-refractivity contribution in [3.63, 3.8) is 0 Å². The number of ether oxygens (including phenoxy) is 1. The molecular formula is C16H17N3O. The average Bonchev–Trinajstić information content (AvgIpc) is 2.46. The molecule has 2 rings (SSSR count).